The van der Waals surface area contributed by atoms with Crippen molar-refractivity contribution >= 4 is 34.2 Å². The van der Waals surface area contributed by atoms with Crippen molar-refractivity contribution < 1.29 is 4.39 Å². The van der Waals surface area contributed by atoms with Crippen LogP contribution >= 0.6 is 11.6 Å². The molecule has 0 atom stereocenters. The van der Waals surface area contributed by atoms with Crippen LogP contribution in [-0.4, -0.2) is 4.98 Å². The summed E-state index contributed by atoms with van der Waals surface area (Å²) < 4.78 is 13.1. The van der Waals surface area contributed by atoms with Gasteiger partial charge in [-0.1, -0.05) is 23.7 Å². The Kier molecular flexibility index (Phi) is 3.22. The number of anilines is 2. The third-order valence-corrected chi connectivity index (χ3v) is 3.38. The highest BCUT2D eigenvalue weighted by Crippen LogP contribution is 2.15. The average molecular weight is 275 g/mol. The molecular weight excluding hydrogens is 263 g/mol. The summed E-state index contributed by atoms with van der Waals surface area (Å²) in [4.78, 5) is 4.49. The normalized spacial score (nSPS) is 13.7. The van der Waals surface area contributed by atoms with Gasteiger partial charge < -0.3 is 5.32 Å². The lowest BCUT2D eigenvalue weighted by Gasteiger charge is -2.08. The van der Waals surface area contributed by atoms with Crippen LogP contribution in [0.3, 0.4) is 0 Å². The molecule has 3 rings (SSSR count). The summed E-state index contributed by atoms with van der Waals surface area (Å²) in [6.45, 7) is 0. The first kappa shape index (κ1) is 12.2. The van der Waals surface area contributed by atoms with E-state index in [1.54, 1.807) is 12.1 Å². The van der Waals surface area contributed by atoms with Crippen LogP contribution in [-0.2, 0) is 0 Å². The Labute approximate surface area is 115 Å². The van der Waals surface area contributed by atoms with Crippen LogP contribution in [0.5, 0.6) is 0 Å². The number of halogens is 2. The van der Waals surface area contributed by atoms with Crippen LogP contribution in [0.4, 0.5) is 15.9 Å². The van der Waals surface area contributed by atoms with E-state index in [0.29, 0.717) is 11.5 Å². The van der Waals surface area contributed by atoms with Gasteiger partial charge in [0, 0.05) is 10.7 Å². The summed E-state index contributed by atoms with van der Waals surface area (Å²) in [5.74, 6) is 0.388. The third-order valence-electron chi connectivity index (χ3n) is 3.01. The molecule has 0 bridgehead atoms. The van der Waals surface area contributed by atoms with Crippen molar-refractivity contribution in [2.45, 2.75) is 12.8 Å². The van der Waals surface area contributed by atoms with Crippen molar-refractivity contribution in [3.8, 4) is 0 Å². The fourth-order valence-corrected chi connectivity index (χ4v) is 2.37. The first-order chi connectivity index (χ1) is 9.22. The zero-order valence-electron chi connectivity index (χ0n) is 10.2. The highest BCUT2D eigenvalue weighted by Gasteiger charge is 2.04. The first-order valence-corrected chi connectivity index (χ1v) is 6.49. The lowest BCUT2D eigenvalue weighted by Crippen LogP contribution is -2.31. The summed E-state index contributed by atoms with van der Waals surface area (Å²) in [7, 11) is 0. The van der Waals surface area contributed by atoms with E-state index in [9.17, 15) is 4.39 Å². The molecule has 0 spiro atoms. The molecule has 2 aromatic rings. The molecule has 0 aliphatic heterocycles. The second-order valence-electron chi connectivity index (χ2n) is 4.42. The minimum Gasteiger partial charge on any atom is -0.340 e. The van der Waals surface area contributed by atoms with Gasteiger partial charge in [-0.25, -0.2) is 9.37 Å². The minimum absolute atomic E-state index is 0.277. The molecule has 4 heteroatoms. The summed E-state index contributed by atoms with van der Waals surface area (Å²) in [5.41, 5.74) is 0.670. The highest BCUT2D eigenvalue weighted by atomic mass is 35.5. The molecule has 0 fully saturated rings. The van der Waals surface area contributed by atoms with Gasteiger partial charge in [0.2, 0.25) is 0 Å². The molecule has 0 unspecified atom stereocenters. The molecule has 96 valence electrons. The van der Waals surface area contributed by atoms with E-state index in [2.05, 4.69) is 16.4 Å². The minimum atomic E-state index is -0.277. The quantitative estimate of drug-likeness (QED) is 0.911. The van der Waals surface area contributed by atoms with E-state index in [1.807, 2.05) is 12.1 Å². The maximum absolute atomic E-state index is 13.1. The smallest absolute Gasteiger partial charge is 0.131 e. The molecule has 0 saturated carbocycles. The van der Waals surface area contributed by atoms with Gasteiger partial charge in [-0.2, -0.15) is 0 Å². The number of hydrogen-bond donors (Lipinski definition) is 1. The van der Waals surface area contributed by atoms with Crippen molar-refractivity contribution in [2.75, 3.05) is 5.32 Å². The van der Waals surface area contributed by atoms with Gasteiger partial charge >= 0.3 is 0 Å². The summed E-state index contributed by atoms with van der Waals surface area (Å²) in [5, 5.41) is 5.73. The molecule has 1 aromatic heterocycles. The number of nitrogens with one attached hydrogen (secondary N) is 1. The van der Waals surface area contributed by atoms with Crippen molar-refractivity contribution in [3.05, 3.63) is 52.8 Å². The Morgan fingerprint density at radius 3 is 2.95 bits per heavy atom. The monoisotopic (exact) mass is 274 g/mol. The second kappa shape index (κ2) is 5.02. The zero-order valence-corrected chi connectivity index (χ0v) is 10.9. The molecule has 1 aromatic carbocycles. The Morgan fingerprint density at radius 2 is 2.11 bits per heavy atom. The van der Waals surface area contributed by atoms with E-state index >= 15 is 0 Å². The van der Waals surface area contributed by atoms with Crippen LogP contribution in [0.2, 0.25) is 0 Å². The lowest BCUT2D eigenvalue weighted by atomic mass is 10.1. The molecule has 1 N–H and O–H groups in total. The van der Waals surface area contributed by atoms with Gasteiger partial charge in [0.05, 0.1) is 5.35 Å². The van der Waals surface area contributed by atoms with Gasteiger partial charge in [0.25, 0.3) is 0 Å². The predicted molar refractivity (Wildman–Crippen MR) is 76.1 cm³/mol. The Morgan fingerprint density at radius 1 is 1.21 bits per heavy atom. The number of hydrogen-bond acceptors (Lipinski definition) is 2. The zero-order chi connectivity index (χ0) is 13.2. The van der Waals surface area contributed by atoms with Crippen molar-refractivity contribution in [2.24, 2.45) is 0 Å². The van der Waals surface area contributed by atoms with E-state index < -0.39 is 0 Å². The average Bonchev–Trinajstić information content (AvgIpc) is 2.40. The van der Waals surface area contributed by atoms with Gasteiger partial charge in [-0.05, 0) is 48.4 Å². The fourth-order valence-electron chi connectivity index (χ4n) is 2.11. The van der Waals surface area contributed by atoms with Gasteiger partial charge in [-0.15, -0.1) is 0 Å². The number of rotatable bonds is 2. The predicted octanol–water partition coefficient (Wildman–Crippen LogP) is 2.89. The lowest BCUT2D eigenvalue weighted by molar-refractivity contribution is 0.628. The number of aromatic nitrogens is 1. The molecule has 1 aliphatic carbocycles. The first-order valence-electron chi connectivity index (χ1n) is 6.11. The summed E-state index contributed by atoms with van der Waals surface area (Å²) >= 11 is 6.19. The standard InChI is InChI=1S/C15H12ClFN2/c16-13-6-1-3-10-7-8-14(19-15(10)13)18-12-5-2-4-11(17)9-12/h2-5,7-9H,1,6H2,(H,18,19). The topological polar surface area (TPSA) is 24.9 Å². The largest absolute Gasteiger partial charge is 0.340 e. The highest BCUT2D eigenvalue weighted by molar-refractivity contribution is 6.45. The molecule has 2 nitrogen and oxygen atoms in total. The number of nitrogens with zero attached hydrogens (tertiary/aromatic N) is 1. The van der Waals surface area contributed by atoms with Crippen LogP contribution in [0.25, 0.3) is 11.1 Å². The SMILES string of the molecule is Fc1cccc(Nc2ccc3c(n2)=C(Cl)CCC=3)c1. The van der Waals surface area contributed by atoms with Gasteiger partial charge in [0.15, 0.2) is 0 Å². The molecule has 0 saturated heterocycles. The number of benzene rings is 1. The number of pyridine rings is 1. The van der Waals surface area contributed by atoms with Crippen LogP contribution < -0.4 is 15.9 Å². The Hall–Kier alpha value is -1.87. The fraction of sp³-hybridized carbons (Fsp3) is 0.133. The Balaban J connectivity index is 2.00. The van der Waals surface area contributed by atoms with E-state index in [1.165, 1.54) is 12.1 Å². The summed E-state index contributed by atoms with van der Waals surface area (Å²) in [6.07, 6.45) is 3.90. The van der Waals surface area contributed by atoms with E-state index in [-0.39, 0.29) is 5.82 Å². The van der Waals surface area contributed by atoms with Gasteiger partial charge in [-0.3, -0.25) is 0 Å². The van der Waals surface area contributed by atoms with Crippen LogP contribution in [0.15, 0.2) is 36.4 Å². The molecule has 0 radical (unpaired) electrons. The number of fused-ring (bicyclic) bond motifs is 1. The van der Waals surface area contributed by atoms with Crippen LogP contribution in [0, 0.1) is 5.82 Å². The second-order valence-corrected chi connectivity index (χ2v) is 4.87. The molecule has 1 aliphatic rings. The van der Waals surface area contributed by atoms with Crippen LogP contribution in [0.1, 0.15) is 12.8 Å². The van der Waals surface area contributed by atoms with Crippen molar-refractivity contribution in [3.63, 3.8) is 0 Å². The third kappa shape index (κ3) is 2.61. The van der Waals surface area contributed by atoms with E-state index in [4.69, 9.17) is 11.6 Å². The Bertz CT molecular complexity index is 740. The maximum atomic E-state index is 13.1. The van der Waals surface area contributed by atoms with Crippen molar-refractivity contribution in [1.29, 1.82) is 0 Å². The molecule has 0 amide bonds. The molecular formula is C15H12ClFN2. The van der Waals surface area contributed by atoms with E-state index in [0.717, 1.165) is 28.4 Å². The van der Waals surface area contributed by atoms with Crippen molar-refractivity contribution in [1.82, 2.24) is 4.98 Å². The molecule has 1 heterocycles. The van der Waals surface area contributed by atoms with Gasteiger partial charge in [0.1, 0.15) is 11.6 Å². The maximum Gasteiger partial charge on any atom is 0.131 e. The molecule has 19 heavy (non-hydrogen) atoms. The summed E-state index contributed by atoms with van der Waals surface area (Å²) in [6, 6.07) is 10.1.